The van der Waals surface area contributed by atoms with Crippen LogP contribution in [0.15, 0.2) is 0 Å². The van der Waals surface area contributed by atoms with E-state index < -0.39 is 0 Å². The average molecular weight is 264 g/mol. The summed E-state index contributed by atoms with van der Waals surface area (Å²) in [5, 5.41) is 0.819. The topological polar surface area (TPSA) is 37.4 Å². The van der Waals surface area contributed by atoms with Gasteiger partial charge in [0.1, 0.15) is 0 Å². The average Bonchev–Trinajstić information content (AvgIpc) is 2.84. The lowest BCUT2D eigenvalue weighted by Crippen LogP contribution is -2.35. The molecule has 0 spiro atoms. The van der Waals surface area contributed by atoms with Crippen molar-refractivity contribution in [2.75, 3.05) is 17.6 Å². The number of carbonyl (C=O) groups is 2. The molecule has 0 aromatic carbocycles. The SMILES string of the molecule is O=C1CSC(=O)N1CC1(CBr)CC1. The summed E-state index contributed by atoms with van der Waals surface area (Å²) in [6.07, 6.45) is 2.25. The van der Waals surface area contributed by atoms with Crippen LogP contribution in [0.3, 0.4) is 0 Å². The molecular formula is C8H10BrNO2S. The van der Waals surface area contributed by atoms with Crippen LogP contribution in [0.1, 0.15) is 12.8 Å². The summed E-state index contributed by atoms with van der Waals surface area (Å²) in [6.45, 7) is 0.614. The summed E-state index contributed by atoms with van der Waals surface area (Å²) in [6, 6.07) is 0. The van der Waals surface area contributed by atoms with Crippen LogP contribution in [-0.2, 0) is 4.79 Å². The maximum absolute atomic E-state index is 11.3. The first-order valence-corrected chi connectivity index (χ1v) is 6.31. The Hall–Kier alpha value is -0.0300. The molecule has 1 saturated heterocycles. The van der Waals surface area contributed by atoms with E-state index >= 15 is 0 Å². The fraction of sp³-hybridized carbons (Fsp3) is 0.750. The van der Waals surface area contributed by atoms with Crippen LogP contribution in [-0.4, -0.2) is 33.7 Å². The van der Waals surface area contributed by atoms with Crippen LogP contribution < -0.4 is 0 Å². The van der Waals surface area contributed by atoms with Gasteiger partial charge in [-0.05, 0) is 18.3 Å². The van der Waals surface area contributed by atoms with Crippen LogP contribution in [0.2, 0.25) is 0 Å². The van der Waals surface area contributed by atoms with Gasteiger partial charge in [0.25, 0.3) is 5.24 Å². The van der Waals surface area contributed by atoms with E-state index in [1.165, 1.54) is 4.90 Å². The predicted octanol–water partition coefficient (Wildman–Crippen LogP) is 1.86. The lowest BCUT2D eigenvalue weighted by molar-refractivity contribution is -0.125. The number of amides is 2. The molecule has 0 unspecified atom stereocenters. The van der Waals surface area contributed by atoms with Crippen LogP contribution in [0.4, 0.5) is 4.79 Å². The van der Waals surface area contributed by atoms with Crippen molar-refractivity contribution in [2.45, 2.75) is 12.8 Å². The molecule has 2 fully saturated rings. The molecule has 72 valence electrons. The monoisotopic (exact) mass is 263 g/mol. The minimum Gasteiger partial charge on any atom is -0.273 e. The third-order valence-electron chi connectivity index (χ3n) is 2.57. The Morgan fingerprint density at radius 2 is 2.15 bits per heavy atom. The number of rotatable bonds is 3. The molecule has 2 aliphatic rings. The zero-order valence-corrected chi connectivity index (χ0v) is 9.49. The van der Waals surface area contributed by atoms with Gasteiger partial charge in [0.05, 0.1) is 5.75 Å². The standard InChI is InChI=1S/C8H10BrNO2S/c9-4-8(1-2-8)5-10-6(11)3-13-7(10)12/h1-5H2. The Bertz CT molecular complexity index is 249. The van der Waals surface area contributed by atoms with E-state index in [1.54, 1.807) is 0 Å². The fourth-order valence-electron chi connectivity index (χ4n) is 1.38. The number of hydrogen-bond acceptors (Lipinski definition) is 3. The van der Waals surface area contributed by atoms with Crippen LogP contribution in [0.5, 0.6) is 0 Å². The van der Waals surface area contributed by atoms with E-state index in [2.05, 4.69) is 15.9 Å². The van der Waals surface area contributed by atoms with Gasteiger partial charge in [-0.25, -0.2) is 0 Å². The number of imide groups is 1. The lowest BCUT2D eigenvalue weighted by atomic mass is 10.1. The number of nitrogens with zero attached hydrogens (tertiary/aromatic N) is 1. The molecule has 0 bridgehead atoms. The summed E-state index contributed by atoms with van der Waals surface area (Å²) < 4.78 is 0. The highest BCUT2D eigenvalue weighted by molar-refractivity contribution is 9.09. The highest BCUT2D eigenvalue weighted by atomic mass is 79.9. The van der Waals surface area contributed by atoms with Crippen LogP contribution in [0, 0.1) is 5.41 Å². The Balaban J connectivity index is 2.01. The number of hydrogen-bond donors (Lipinski definition) is 0. The summed E-state index contributed by atoms with van der Waals surface area (Å²) in [5.74, 6) is 0.305. The molecule has 2 amide bonds. The van der Waals surface area contributed by atoms with E-state index in [9.17, 15) is 9.59 Å². The van der Waals surface area contributed by atoms with Crippen LogP contribution in [0.25, 0.3) is 0 Å². The van der Waals surface area contributed by atoms with Gasteiger partial charge in [-0.15, -0.1) is 0 Å². The van der Waals surface area contributed by atoms with Crippen molar-refractivity contribution in [3.63, 3.8) is 0 Å². The van der Waals surface area contributed by atoms with Crippen molar-refractivity contribution >= 4 is 38.8 Å². The number of halogens is 1. The van der Waals surface area contributed by atoms with E-state index in [0.717, 1.165) is 29.9 Å². The third-order valence-corrected chi connectivity index (χ3v) is 4.62. The van der Waals surface area contributed by atoms with Gasteiger partial charge in [-0.1, -0.05) is 27.7 Å². The Morgan fingerprint density at radius 3 is 2.54 bits per heavy atom. The lowest BCUT2D eigenvalue weighted by Gasteiger charge is -2.18. The molecule has 5 heteroatoms. The molecular weight excluding hydrogens is 254 g/mol. The smallest absolute Gasteiger partial charge is 0.273 e. The van der Waals surface area contributed by atoms with Crippen molar-refractivity contribution in [2.24, 2.45) is 5.41 Å². The van der Waals surface area contributed by atoms with Gasteiger partial charge in [-0.3, -0.25) is 14.5 Å². The summed E-state index contributed by atoms with van der Waals surface area (Å²) >= 11 is 4.54. The second-order valence-corrected chi connectivity index (χ2v) is 5.16. The molecule has 0 radical (unpaired) electrons. The highest BCUT2D eigenvalue weighted by Crippen LogP contribution is 2.48. The molecule has 0 aromatic heterocycles. The Labute approximate surface area is 89.4 Å². The number of alkyl halides is 1. The number of carbonyl (C=O) groups excluding carboxylic acids is 2. The Kier molecular flexibility index (Phi) is 2.40. The molecule has 1 aliphatic carbocycles. The first-order valence-electron chi connectivity index (χ1n) is 4.20. The van der Waals surface area contributed by atoms with Gasteiger partial charge in [0, 0.05) is 11.9 Å². The molecule has 1 aliphatic heterocycles. The molecule has 1 saturated carbocycles. The zero-order valence-electron chi connectivity index (χ0n) is 7.09. The largest absolute Gasteiger partial charge is 0.288 e. The van der Waals surface area contributed by atoms with Crippen LogP contribution >= 0.6 is 27.7 Å². The molecule has 1 heterocycles. The van der Waals surface area contributed by atoms with E-state index in [0.29, 0.717) is 12.3 Å². The van der Waals surface area contributed by atoms with Gasteiger partial charge in [-0.2, -0.15) is 0 Å². The van der Waals surface area contributed by atoms with E-state index in [-0.39, 0.29) is 16.6 Å². The molecule has 0 N–H and O–H groups in total. The highest BCUT2D eigenvalue weighted by Gasteiger charge is 2.46. The zero-order chi connectivity index (χ0) is 9.47. The molecule has 0 atom stereocenters. The third kappa shape index (κ3) is 1.76. The molecule has 0 aromatic rings. The van der Waals surface area contributed by atoms with Crippen molar-refractivity contribution in [1.29, 1.82) is 0 Å². The molecule has 3 nitrogen and oxygen atoms in total. The first kappa shape index (κ1) is 9.52. The van der Waals surface area contributed by atoms with Crippen molar-refractivity contribution in [3.8, 4) is 0 Å². The summed E-state index contributed by atoms with van der Waals surface area (Å²) in [7, 11) is 0. The maximum atomic E-state index is 11.3. The number of thioether (sulfide) groups is 1. The Morgan fingerprint density at radius 1 is 1.46 bits per heavy atom. The first-order chi connectivity index (χ1) is 6.17. The predicted molar refractivity (Wildman–Crippen MR) is 55.0 cm³/mol. The normalized spacial score (nSPS) is 25.5. The van der Waals surface area contributed by atoms with Gasteiger partial charge >= 0.3 is 0 Å². The summed E-state index contributed by atoms with van der Waals surface area (Å²) in [5.41, 5.74) is 0.205. The second-order valence-electron chi connectivity index (χ2n) is 3.67. The van der Waals surface area contributed by atoms with E-state index in [1.807, 2.05) is 0 Å². The quantitative estimate of drug-likeness (QED) is 0.730. The van der Waals surface area contributed by atoms with Crippen molar-refractivity contribution in [1.82, 2.24) is 4.90 Å². The van der Waals surface area contributed by atoms with Crippen molar-refractivity contribution in [3.05, 3.63) is 0 Å². The molecule has 13 heavy (non-hydrogen) atoms. The van der Waals surface area contributed by atoms with Gasteiger partial charge in [0.2, 0.25) is 5.91 Å². The van der Waals surface area contributed by atoms with Gasteiger partial charge < -0.3 is 0 Å². The fourth-order valence-corrected chi connectivity index (χ4v) is 2.84. The van der Waals surface area contributed by atoms with E-state index in [4.69, 9.17) is 0 Å². The minimum atomic E-state index is -0.0720. The molecule has 2 rings (SSSR count). The van der Waals surface area contributed by atoms with Gasteiger partial charge in [0.15, 0.2) is 0 Å². The van der Waals surface area contributed by atoms with Crippen molar-refractivity contribution < 1.29 is 9.59 Å². The maximum Gasteiger partial charge on any atom is 0.288 e. The summed E-state index contributed by atoms with van der Waals surface area (Å²) in [4.78, 5) is 23.9. The minimum absolute atomic E-state index is 0.0257. The second kappa shape index (κ2) is 3.28.